The van der Waals surface area contributed by atoms with E-state index in [9.17, 15) is 9.59 Å². The molecule has 0 radical (unpaired) electrons. The van der Waals surface area contributed by atoms with E-state index in [0.717, 1.165) is 18.8 Å². The molecule has 8 heteroatoms. The summed E-state index contributed by atoms with van der Waals surface area (Å²) in [4.78, 5) is 31.2. The third-order valence-corrected chi connectivity index (χ3v) is 4.35. The molecule has 0 unspecified atom stereocenters. The Morgan fingerprint density at radius 1 is 1.18 bits per heavy atom. The van der Waals surface area contributed by atoms with Gasteiger partial charge >= 0.3 is 0 Å². The molecule has 1 aromatic heterocycles. The van der Waals surface area contributed by atoms with Crippen LogP contribution in [-0.4, -0.2) is 63.4 Å². The van der Waals surface area contributed by atoms with Crippen LogP contribution in [0.4, 0.5) is 11.4 Å². The summed E-state index contributed by atoms with van der Waals surface area (Å²) in [6.45, 7) is 3.66. The zero-order valence-corrected chi connectivity index (χ0v) is 15.8. The van der Waals surface area contributed by atoms with Crippen molar-refractivity contribution in [3.8, 4) is 0 Å². The molecule has 2 aromatic rings. The van der Waals surface area contributed by atoms with Gasteiger partial charge in [0.25, 0.3) is 11.8 Å². The second-order valence-corrected chi connectivity index (χ2v) is 6.25. The fourth-order valence-corrected chi connectivity index (χ4v) is 2.91. The zero-order valence-electron chi connectivity index (χ0n) is 15.8. The average Bonchev–Trinajstić information content (AvgIpc) is 2.75. The molecule has 8 nitrogen and oxygen atoms in total. The minimum atomic E-state index is -0.368. The number of amides is 2. The van der Waals surface area contributed by atoms with E-state index in [1.54, 1.807) is 13.2 Å². The van der Waals surface area contributed by atoms with Crippen LogP contribution in [0.1, 0.15) is 20.8 Å². The van der Waals surface area contributed by atoms with E-state index in [1.165, 1.54) is 12.3 Å². The Morgan fingerprint density at radius 2 is 1.96 bits per heavy atom. The van der Waals surface area contributed by atoms with Crippen molar-refractivity contribution in [2.75, 3.05) is 56.8 Å². The molecule has 0 spiro atoms. The van der Waals surface area contributed by atoms with Crippen LogP contribution in [0.3, 0.4) is 0 Å². The molecule has 1 aliphatic heterocycles. The molecule has 148 valence electrons. The maximum atomic E-state index is 12.7. The van der Waals surface area contributed by atoms with Crippen LogP contribution >= 0.6 is 0 Å². The number of carbonyl (C=O) groups is 2. The molecule has 0 saturated carbocycles. The van der Waals surface area contributed by atoms with Gasteiger partial charge < -0.3 is 25.0 Å². The Labute approximate surface area is 163 Å². The molecule has 1 aromatic carbocycles. The molecule has 0 bridgehead atoms. The first-order valence-electron chi connectivity index (χ1n) is 9.15. The number of benzene rings is 1. The summed E-state index contributed by atoms with van der Waals surface area (Å²) < 4.78 is 10.3. The number of anilines is 2. The Kier molecular flexibility index (Phi) is 6.94. The number of morpholine rings is 1. The lowest BCUT2D eigenvalue weighted by Gasteiger charge is -2.30. The monoisotopic (exact) mass is 384 g/mol. The van der Waals surface area contributed by atoms with Crippen LogP contribution < -0.4 is 15.5 Å². The van der Waals surface area contributed by atoms with Gasteiger partial charge in [-0.05, 0) is 24.3 Å². The van der Waals surface area contributed by atoms with Crippen LogP contribution in [0.25, 0.3) is 0 Å². The van der Waals surface area contributed by atoms with Gasteiger partial charge in [0.2, 0.25) is 0 Å². The maximum absolute atomic E-state index is 12.7. The van der Waals surface area contributed by atoms with Crippen LogP contribution in [-0.2, 0) is 9.47 Å². The van der Waals surface area contributed by atoms with E-state index in [0.29, 0.717) is 37.6 Å². The van der Waals surface area contributed by atoms with Crippen molar-refractivity contribution in [3.63, 3.8) is 0 Å². The van der Waals surface area contributed by atoms with Gasteiger partial charge in [-0.15, -0.1) is 0 Å². The van der Waals surface area contributed by atoms with Crippen LogP contribution in [0, 0.1) is 0 Å². The molecule has 2 amide bonds. The number of nitrogens with zero attached hydrogens (tertiary/aromatic N) is 2. The highest BCUT2D eigenvalue weighted by molar-refractivity contribution is 6.06. The van der Waals surface area contributed by atoms with Crippen molar-refractivity contribution in [3.05, 3.63) is 53.9 Å². The first kappa shape index (κ1) is 19.8. The summed E-state index contributed by atoms with van der Waals surface area (Å²) in [5, 5.41) is 5.63. The Morgan fingerprint density at radius 3 is 2.75 bits per heavy atom. The standard InChI is InChI=1S/C20H24N4O4/c1-27-11-8-22-19(25)15-6-7-21-17(14-15)20(26)23-16-4-2-3-5-18(16)24-9-12-28-13-10-24/h2-7,14H,8-13H2,1H3,(H,22,25)(H,23,26). The summed E-state index contributed by atoms with van der Waals surface area (Å²) in [7, 11) is 1.57. The van der Waals surface area contributed by atoms with Crippen LogP contribution in [0.15, 0.2) is 42.6 Å². The zero-order chi connectivity index (χ0) is 19.8. The van der Waals surface area contributed by atoms with Gasteiger partial charge in [0.15, 0.2) is 0 Å². The van der Waals surface area contributed by atoms with Crippen molar-refractivity contribution >= 4 is 23.2 Å². The van der Waals surface area contributed by atoms with Gasteiger partial charge in [0, 0.05) is 38.5 Å². The third-order valence-electron chi connectivity index (χ3n) is 4.35. The maximum Gasteiger partial charge on any atom is 0.274 e. The van der Waals surface area contributed by atoms with Gasteiger partial charge in [0.05, 0.1) is 31.2 Å². The molecular weight excluding hydrogens is 360 g/mol. The van der Waals surface area contributed by atoms with E-state index in [4.69, 9.17) is 9.47 Å². The van der Waals surface area contributed by atoms with Gasteiger partial charge in [-0.25, -0.2) is 0 Å². The molecule has 28 heavy (non-hydrogen) atoms. The first-order valence-corrected chi connectivity index (χ1v) is 9.15. The Bertz CT molecular complexity index is 821. The third kappa shape index (κ3) is 5.05. The lowest BCUT2D eigenvalue weighted by Crippen LogP contribution is -2.36. The summed E-state index contributed by atoms with van der Waals surface area (Å²) in [5.74, 6) is -0.644. The normalized spacial score (nSPS) is 13.8. The highest BCUT2D eigenvalue weighted by atomic mass is 16.5. The van der Waals surface area contributed by atoms with Crippen molar-refractivity contribution in [2.45, 2.75) is 0 Å². The topological polar surface area (TPSA) is 92.8 Å². The number of methoxy groups -OCH3 is 1. The van der Waals surface area contributed by atoms with Crippen molar-refractivity contribution < 1.29 is 19.1 Å². The van der Waals surface area contributed by atoms with Crippen LogP contribution in [0.5, 0.6) is 0 Å². The summed E-state index contributed by atoms with van der Waals surface area (Å²) in [6, 6.07) is 10.7. The quantitative estimate of drug-likeness (QED) is 0.704. The second kappa shape index (κ2) is 9.82. The van der Waals surface area contributed by atoms with Crippen molar-refractivity contribution in [1.29, 1.82) is 0 Å². The molecule has 0 atom stereocenters. The highest BCUT2D eigenvalue weighted by Crippen LogP contribution is 2.26. The van der Waals surface area contributed by atoms with Crippen LogP contribution in [0.2, 0.25) is 0 Å². The molecule has 3 rings (SSSR count). The summed E-state index contributed by atoms with van der Waals surface area (Å²) in [5.41, 5.74) is 2.19. The van der Waals surface area contributed by atoms with E-state index in [1.807, 2.05) is 24.3 Å². The lowest BCUT2D eigenvalue weighted by molar-refractivity contribution is 0.0937. The second-order valence-electron chi connectivity index (χ2n) is 6.25. The van der Waals surface area contributed by atoms with E-state index < -0.39 is 0 Å². The molecular formula is C20H24N4O4. The molecule has 1 saturated heterocycles. The molecule has 0 aliphatic carbocycles. The summed E-state index contributed by atoms with van der Waals surface area (Å²) >= 11 is 0. The molecule has 2 heterocycles. The lowest BCUT2D eigenvalue weighted by atomic mass is 10.2. The van der Waals surface area contributed by atoms with E-state index >= 15 is 0 Å². The smallest absolute Gasteiger partial charge is 0.274 e. The molecule has 1 aliphatic rings. The Balaban J connectivity index is 1.72. The number of aromatic nitrogens is 1. The number of rotatable bonds is 7. The highest BCUT2D eigenvalue weighted by Gasteiger charge is 2.17. The SMILES string of the molecule is COCCNC(=O)c1ccnc(C(=O)Nc2ccccc2N2CCOCC2)c1. The number of hydrogen-bond donors (Lipinski definition) is 2. The number of nitrogens with one attached hydrogen (secondary N) is 2. The fraction of sp³-hybridized carbons (Fsp3) is 0.350. The average molecular weight is 384 g/mol. The fourth-order valence-electron chi connectivity index (χ4n) is 2.91. The van der Waals surface area contributed by atoms with E-state index in [2.05, 4.69) is 20.5 Å². The van der Waals surface area contributed by atoms with Gasteiger partial charge in [-0.2, -0.15) is 0 Å². The van der Waals surface area contributed by atoms with Gasteiger partial charge in [-0.3, -0.25) is 14.6 Å². The van der Waals surface area contributed by atoms with Gasteiger partial charge in [-0.1, -0.05) is 12.1 Å². The number of carbonyl (C=O) groups excluding carboxylic acids is 2. The predicted octanol–water partition coefficient (Wildman–Crippen LogP) is 1.55. The molecule has 1 fully saturated rings. The van der Waals surface area contributed by atoms with E-state index in [-0.39, 0.29) is 17.5 Å². The number of para-hydroxylation sites is 2. The van der Waals surface area contributed by atoms with Crippen molar-refractivity contribution in [1.82, 2.24) is 10.3 Å². The minimum absolute atomic E-state index is 0.177. The predicted molar refractivity (Wildman–Crippen MR) is 106 cm³/mol. The summed E-state index contributed by atoms with van der Waals surface area (Å²) in [6.07, 6.45) is 1.45. The Hall–Kier alpha value is -2.97. The van der Waals surface area contributed by atoms with Crippen molar-refractivity contribution in [2.24, 2.45) is 0 Å². The minimum Gasteiger partial charge on any atom is -0.383 e. The number of pyridine rings is 1. The number of hydrogen-bond acceptors (Lipinski definition) is 6. The van der Waals surface area contributed by atoms with Gasteiger partial charge in [0.1, 0.15) is 5.69 Å². The first-order chi connectivity index (χ1) is 13.7. The molecule has 2 N–H and O–H groups in total. The largest absolute Gasteiger partial charge is 0.383 e. The number of ether oxygens (including phenoxy) is 2.